The molecule has 0 bridgehead atoms. The SMILES string of the molecule is CC1=CC(=O)NC2=NC(=N[C@@H]3CCOC[C@H]3O)N=C([C@@H]3CCC[C@]3(C)F)C12. The van der Waals surface area contributed by atoms with Gasteiger partial charge in [-0.2, -0.15) is 4.99 Å². The number of nitrogens with one attached hydrogen (secondary N) is 1. The van der Waals surface area contributed by atoms with Gasteiger partial charge >= 0.3 is 0 Å². The molecule has 0 spiro atoms. The number of carbonyl (C=O) groups excluding carboxylic acids is 1. The van der Waals surface area contributed by atoms with Crippen LogP contribution in [0.1, 0.15) is 39.5 Å². The Balaban J connectivity index is 1.75. The molecule has 8 heteroatoms. The van der Waals surface area contributed by atoms with Crippen molar-refractivity contribution < 1.29 is 19.0 Å². The van der Waals surface area contributed by atoms with Crippen molar-refractivity contribution in [3.8, 4) is 0 Å². The van der Waals surface area contributed by atoms with E-state index in [9.17, 15) is 9.90 Å². The molecular formula is C19H25FN4O3. The first-order valence-electron chi connectivity index (χ1n) is 9.54. The maximum absolute atomic E-state index is 15.1. The lowest BCUT2D eigenvalue weighted by Crippen LogP contribution is -2.49. The van der Waals surface area contributed by atoms with Crippen molar-refractivity contribution in [1.82, 2.24) is 5.32 Å². The summed E-state index contributed by atoms with van der Waals surface area (Å²) in [6, 6.07) is -0.365. The van der Waals surface area contributed by atoms with Gasteiger partial charge in [0.2, 0.25) is 11.9 Å². The number of aliphatic hydroxyl groups is 1. The molecular weight excluding hydrogens is 351 g/mol. The van der Waals surface area contributed by atoms with Gasteiger partial charge in [0, 0.05) is 24.3 Å². The van der Waals surface area contributed by atoms with E-state index in [0.717, 1.165) is 12.0 Å². The summed E-state index contributed by atoms with van der Waals surface area (Å²) >= 11 is 0. The molecule has 27 heavy (non-hydrogen) atoms. The van der Waals surface area contributed by atoms with Gasteiger partial charge in [-0.1, -0.05) is 5.57 Å². The van der Waals surface area contributed by atoms with Crippen LogP contribution in [0.5, 0.6) is 0 Å². The lowest BCUT2D eigenvalue weighted by molar-refractivity contribution is -0.115. The molecule has 3 aliphatic heterocycles. The summed E-state index contributed by atoms with van der Waals surface area (Å²) in [5, 5.41) is 12.9. The van der Waals surface area contributed by atoms with Crippen molar-refractivity contribution in [1.29, 1.82) is 0 Å². The molecule has 0 aromatic carbocycles. The number of ether oxygens (including phenoxy) is 1. The minimum Gasteiger partial charge on any atom is -0.388 e. The van der Waals surface area contributed by atoms with Crippen molar-refractivity contribution in [2.75, 3.05) is 13.2 Å². The smallest absolute Gasteiger partial charge is 0.249 e. The fourth-order valence-corrected chi connectivity index (χ4v) is 4.45. The molecule has 3 heterocycles. The van der Waals surface area contributed by atoms with Gasteiger partial charge in [0.25, 0.3) is 0 Å². The van der Waals surface area contributed by atoms with Crippen LogP contribution < -0.4 is 5.32 Å². The first kappa shape index (κ1) is 18.4. The molecule has 1 saturated heterocycles. The highest BCUT2D eigenvalue weighted by molar-refractivity contribution is 6.25. The summed E-state index contributed by atoms with van der Waals surface area (Å²) in [6.07, 6.45) is 3.38. The molecule has 1 aliphatic carbocycles. The minimum absolute atomic E-state index is 0.194. The maximum Gasteiger partial charge on any atom is 0.249 e. The standard InChI is InChI=1S/C19H25FN4O3/c1-10-8-14(26)22-17-15(10)16(11-4-3-6-19(11,2)20)23-18(24-17)21-12-5-7-27-9-13(12)25/h8,11-13,15,25H,3-7,9H2,1-2H3,(H,21,22,24,26)/t11-,12+,13+,15?,19-/m0/s1. The quantitative estimate of drug-likeness (QED) is 0.766. The lowest BCUT2D eigenvalue weighted by atomic mass is 9.78. The number of nitrogens with zero attached hydrogens (tertiary/aromatic N) is 3. The summed E-state index contributed by atoms with van der Waals surface area (Å²) in [7, 11) is 0. The predicted octanol–water partition coefficient (Wildman–Crippen LogP) is 1.57. The van der Waals surface area contributed by atoms with Crippen molar-refractivity contribution in [3.63, 3.8) is 0 Å². The van der Waals surface area contributed by atoms with Gasteiger partial charge in [0.1, 0.15) is 11.5 Å². The van der Waals surface area contributed by atoms with E-state index in [0.29, 0.717) is 37.4 Å². The lowest BCUT2D eigenvalue weighted by Gasteiger charge is -2.34. The normalized spacial score (nSPS) is 40.8. The van der Waals surface area contributed by atoms with Crippen LogP contribution in [0.4, 0.5) is 4.39 Å². The first-order valence-corrected chi connectivity index (χ1v) is 9.54. The molecule has 146 valence electrons. The molecule has 0 aromatic heterocycles. The van der Waals surface area contributed by atoms with Crippen LogP contribution in [0.15, 0.2) is 26.6 Å². The number of hydrogen-bond donors (Lipinski definition) is 2. The number of alkyl halides is 1. The Morgan fingerprint density at radius 1 is 1.41 bits per heavy atom. The monoisotopic (exact) mass is 376 g/mol. The third-order valence-electron chi connectivity index (χ3n) is 5.90. The average molecular weight is 376 g/mol. The number of aliphatic imine (C=N–C) groups is 3. The van der Waals surface area contributed by atoms with Crippen molar-refractivity contribution in [3.05, 3.63) is 11.6 Å². The Kier molecular flexibility index (Phi) is 4.71. The van der Waals surface area contributed by atoms with E-state index in [2.05, 4.69) is 20.3 Å². The zero-order chi connectivity index (χ0) is 19.2. The summed E-state index contributed by atoms with van der Waals surface area (Å²) in [5.41, 5.74) is 0.146. The van der Waals surface area contributed by atoms with E-state index in [-0.39, 0.29) is 36.4 Å². The topological polar surface area (TPSA) is 95.6 Å². The molecule has 4 aliphatic rings. The molecule has 4 rings (SSSR count). The molecule has 2 fully saturated rings. The number of halogens is 1. The molecule has 1 unspecified atom stereocenters. The first-order chi connectivity index (χ1) is 12.8. The largest absolute Gasteiger partial charge is 0.388 e. The molecule has 1 amide bonds. The van der Waals surface area contributed by atoms with Crippen LogP contribution >= 0.6 is 0 Å². The Hall–Kier alpha value is -1.93. The van der Waals surface area contributed by atoms with E-state index in [1.54, 1.807) is 6.92 Å². The van der Waals surface area contributed by atoms with Gasteiger partial charge in [-0.15, -0.1) is 0 Å². The molecule has 2 N–H and O–H groups in total. The van der Waals surface area contributed by atoms with Crippen molar-refractivity contribution in [2.45, 2.75) is 57.3 Å². The highest BCUT2D eigenvalue weighted by Crippen LogP contribution is 2.43. The predicted molar refractivity (Wildman–Crippen MR) is 99.8 cm³/mol. The second kappa shape index (κ2) is 6.91. The number of hydrogen-bond acceptors (Lipinski definition) is 4. The van der Waals surface area contributed by atoms with E-state index < -0.39 is 11.8 Å². The highest BCUT2D eigenvalue weighted by atomic mass is 19.1. The van der Waals surface area contributed by atoms with Crippen LogP contribution in [0.3, 0.4) is 0 Å². The molecule has 0 aromatic rings. The highest BCUT2D eigenvalue weighted by Gasteiger charge is 2.47. The van der Waals surface area contributed by atoms with Gasteiger partial charge in [-0.3, -0.25) is 4.79 Å². The summed E-state index contributed by atoms with van der Waals surface area (Å²) in [5.74, 6) is -0.257. The zero-order valence-corrected chi connectivity index (χ0v) is 15.6. The molecule has 7 nitrogen and oxygen atoms in total. The van der Waals surface area contributed by atoms with Gasteiger partial charge in [-0.25, -0.2) is 14.4 Å². The Bertz CT molecular complexity index is 771. The van der Waals surface area contributed by atoms with Gasteiger partial charge in [-0.05, 0) is 39.5 Å². The zero-order valence-electron chi connectivity index (χ0n) is 15.6. The number of amides is 1. The number of amidine groups is 1. The van der Waals surface area contributed by atoms with E-state index in [4.69, 9.17) is 4.74 Å². The van der Waals surface area contributed by atoms with Crippen molar-refractivity contribution in [2.24, 2.45) is 26.8 Å². The second-order valence-electron chi connectivity index (χ2n) is 7.99. The van der Waals surface area contributed by atoms with Crippen LogP contribution in [-0.2, 0) is 9.53 Å². The third-order valence-corrected chi connectivity index (χ3v) is 5.90. The van der Waals surface area contributed by atoms with E-state index >= 15 is 4.39 Å². The number of carbonyl (C=O) groups is 1. The number of rotatable bonds is 2. The Morgan fingerprint density at radius 2 is 2.22 bits per heavy atom. The van der Waals surface area contributed by atoms with Crippen LogP contribution in [0, 0.1) is 11.8 Å². The number of aliphatic hydroxyl groups excluding tert-OH is 1. The Labute approximate surface area is 157 Å². The summed E-state index contributed by atoms with van der Waals surface area (Å²) in [4.78, 5) is 25.5. The van der Waals surface area contributed by atoms with Crippen LogP contribution in [0.25, 0.3) is 0 Å². The fraction of sp³-hybridized carbons (Fsp3) is 0.684. The fourth-order valence-electron chi connectivity index (χ4n) is 4.45. The third kappa shape index (κ3) is 3.48. The summed E-state index contributed by atoms with van der Waals surface area (Å²) < 4.78 is 20.4. The molecule has 0 radical (unpaired) electrons. The Morgan fingerprint density at radius 3 is 2.93 bits per heavy atom. The van der Waals surface area contributed by atoms with Gasteiger partial charge < -0.3 is 15.2 Å². The summed E-state index contributed by atoms with van der Waals surface area (Å²) in [6.45, 7) is 4.21. The van der Waals surface area contributed by atoms with Crippen LogP contribution in [0.2, 0.25) is 0 Å². The number of guanidine groups is 1. The van der Waals surface area contributed by atoms with E-state index in [1.165, 1.54) is 6.08 Å². The number of fused-ring (bicyclic) bond motifs is 1. The van der Waals surface area contributed by atoms with Gasteiger partial charge in [0.05, 0.1) is 24.7 Å². The van der Waals surface area contributed by atoms with Gasteiger partial charge in [0.15, 0.2) is 0 Å². The van der Waals surface area contributed by atoms with Crippen molar-refractivity contribution >= 4 is 23.4 Å². The maximum atomic E-state index is 15.1. The van der Waals surface area contributed by atoms with Crippen LogP contribution in [-0.4, -0.2) is 59.5 Å². The van der Waals surface area contributed by atoms with E-state index in [1.807, 2.05) is 6.92 Å². The average Bonchev–Trinajstić information content (AvgIpc) is 2.95. The molecule has 1 saturated carbocycles. The molecule has 5 atom stereocenters. The second-order valence-corrected chi connectivity index (χ2v) is 7.99. The minimum atomic E-state index is -1.34.